The molecule has 1 atom stereocenters. The van der Waals surface area contributed by atoms with Crippen LogP contribution in [0.2, 0.25) is 0 Å². The number of aryl methyl sites for hydroxylation is 2. The number of carbonyl (C=O) groups excluding carboxylic acids is 2. The quantitative estimate of drug-likeness (QED) is 0.730. The minimum Gasteiger partial charge on any atom is -0.431 e. The van der Waals surface area contributed by atoms with Crippen molar-refractivity contribution in [3.63, 3.8) is 0 Å². The average Bonchev–Trinajstić information content (AvgIpc) is 3.01. The fourth-order valence-corrected chi connectivity index (χ4v) is 4.91. The number of allylic oxidation sites excluding steroid dienone is 2. The van der Waals surface area contributed by atoms with Gasteiger partial charge in [-0.25, -0.2) is 0 Å². The van der Waals surface area contributed by atoms with Crippen LogP contribution < -0.4 is 5.56 Å². The van der Waals surface area contributed by atoms with Crippen LogP contribution in [0.4, 0.5) is 0 Å². The second kappa shape index (κ2) is 5.41. The summed E-state index contributed by atoms with van der Waals surface area (Å²) in [5.74, 6) is -0.408. The van der Waals surface area contributed by atoms with Crippen LogP contribution in [0.1, 0.15) is 50.2 Å². The van der Waals surface area contributed by atoms with Crippen molar-refractivity contribution in [2.75, 3.05) is 0 Å². The predicted octanol–water partition coefficient (Wildman–Crippen LogP) is 3.23. The van der Waals surface area contributed by atoms with Crippen LogP contribution in [-0.4, -0.2) is 16.3 Å². The van der Waals surface area contributed by atoms with Crippen molar-refractivity contribution < 1.29 is 14.3 Å². The van der Waals surface area contributed by atoms with Gasteiger partial charge in [0.25, 0.3) is 5.56 Å². The summed E-state index contributed by atoms with van der Waals surface area (Å²) in [6.45, 7) is 4.64. The highest BCUT2D eigenvalue weighted by Crippen LogP contribution is 2.45. The number of pyridine rings is 1. The molecule has 1 aromatic heterocycles. The molecule has 0 radical (unpaired) electrons. The maximum absolute atomic E-state index is 13.2. The number of hydrogen-bond donors (Lipinski definition) is 0. The highest BCUT2D eigenvalue weighted by Gasteiger charge is 2.43. The third-order valence-corrected chi connectivity index (χ3v) is 6.04. The zero-order valence-electron chi connectivity index (χ0n) is 15.5. The van der Waals surface area contributed by atoms with Gasteiger partial charge in [-0.1, -0.05) is 32.0 Å². The number of nitrogens with zero attached hydrogens (tertiary/aromatic N) is 1. The van der Waals surface area contributed by atoms with E-state index < -0.39 is 5.92 Å². The summed E-state index contributed by atoms with van der Waals surface area (Å²) in [5, 5.41) is 0.990. The van der Waals surface area contributed by atoms with Crippen molar-refractivity contribution >= 4 is 22.7 Å². The SMILES string of the molecule is CC1(C)CC(=O)C2=C(C1)OC(=O)C[C@@H]2c1cc2cccc3c2n(c1=O)CC3. The van der Waals surface area contributed by atoms with Crippen LogP contribution in [0, 0.1) is 5.41 Å². The summed E-state index contributed by atoms with van der Waals surface area (Å²) in [7, 11) is 0. The van der Waals surface area contributed by atoms with Crippen LogP contribution in [0.5, 0.6) is 0 Å². The Kier molecular flexibility index (Phi) is 3.30. The molecule has 3 aliphatic rings. The molecule has 5 heteroatoms. The van der Waals surface area contributed by atoms with E-state index in [1.54, 1.807) is 4.57 Å². The Hall–Kier alpha value is -2.69. The molecular formula is C22H21NO4. The van der Waals surface area contributed by atoms with Gasteiger partial charge in [-0.05, 0) is 28.9 Å². The van der Waals surface area contributed by atoms with Crippen LogP contribution in [0.25, 0.3) is 10.9 Å². The molecule has 1 aromatic carbocycles. The third-order valence-electron chi connectivity index (χ3n) is 6.04. The fourth-order valence-electron chi connectivity index (χ4n) is 4.91. The van der Waals surface area contributed by atoms with E-state index in [2.05, 4.69) is 6.07 Å². The van der Waals surface area contributed by atoms with E-state index in [0.717, 1.165) is 17.3 Å². The number of esters is 1. The van der Waals surface area contributed by atoms with Gasteiger partial charge in [-0.3, -0.25) is 14.4 Å². The molecule has 3 heterocycles. The molecule has 0 spiro atoms. The Bertz CT molecular complexity index is 1120. The summed E-state index contributed by atoms with van der Waals surface area (Å²) in [5.41, 5.74) is 2.91. The highest BCUT2D eigenvalue weighted by molar-refractivity contribution is 6.01. The number of benzene rings is 1. The first kappa shape index (κ1) is 16.5. The molecule has 5 rings (SSSR count). The van der Waals surface area contributed by atoms with E-state index in [9.17, 15) is 14.4 Å². The Morgan fingerprint density at radius 2 is 1.96 bits per heavy atom. The van der Waals surface area contributed by atoms with Crippen molar-refractivity contribution in [1.82, 2.24) is 4.57 Å². The normalized spacial score (nSPS) is 23.6. The van der Waals surface area contributed by atoms with Gasteiger partial charge in [-0.15, -0.1) is 0 Å². The topological polar surface area (TPSA) is 65.4 Å². The zero-order valence-corrected chi connectivity index (χ0v) is 15.5. The average molecular weight is 363 g/mol. The molecule has 0 N–H and O–H groups in total. The van der Waals surface area contributed by atoms with Crippen LogP contribution in [-0.2, 0) is 27.3 Å². The fraction of sp³-hybridized carbons (Fsp3) is 0.409. The molecule has 0 fully saturated rings. The maximum Gasteiger partial charge on any atom is 0.311 e. The van der Waals surface area contributed by atoms with Gasteiger partial charge in [0.1, 0.15) is 5.76 Å². The van der Waals surface area contributed by atoms with Crippen molar-refractivity contribution in [2.45, 2.75) is 52.0 Å². The first-order chi connectivity index (χ1) is 12.8. The van der Waals surface area contributed by atoms with E-state index >= 15 is 0 Å². The Labute approximate surface area is 156 Å². The first-order valence-corrected chi connectivity index (χ1v) is 9.46. The second-order valence-corrected chi connectivity index (χ2v) is 8.67. The molecule has 0 saturated carbocycles. The molecule has 0 unspecified atom stereocenters. The number of rotatable bonds is 1. The van der Waals surface area contributed by atoms with Crippen molar-refractivity contribution in [1.29, 1.82) is 0 Å². The monoisotopic (exact) mass is 363 g/mol. The molecule has 0 saturated heterocycles. The Morgan fingerprint density at radius 1 is 1.15 bits per heavy atom. The van der Waals surface area contributed by atoms with E-state index in [1.807, 2.05) is 32.0 Å². The summed E-state index contributed by atoms with van der Waals surface area (Å²) in [4.78, 5) is 38.4. The summed E-state index contributed by atoms with van der Waals surface area (Å²) in [6.07, 6.45) is 1.84. The molecule has 27 heavy (non-hydrogen) atoms. The lowest BCUT2D eigenvalue weighted by atomic mass is 9.71. The molecule has 138 valence electrons. The minimum atomic E-state index is -0.505. The predicted molar refractivity (Wildman–Crippen MR) is 100 cm³/mol. The lowest BCUT2D eigenvalue weighted by Gasteiger charge is -2.36. The lowest BCUT2D eigenvalue weighted by molar-refractivity contribution is -0.142. The summed E-state index contributed by atoms with van der Waals surface area (Å²) >= 11 is 0. The highest BCUT2D eigenvalue weighted by atomic mass is 16.5. The van der Waals surface area contributed by atoms with Gasteiger partial charge in [-0.2, -0.15) is 0 Å². The number of Topliss-reactive ketones (excluding diaryl/α,β-unsaturated/α-hetero) is 1. The van der Waals surface area contributed by atoms with Crippen molar-refractivity contribution in [3.05, 3.63) is 57.1 Å². The molecule has 1 aliphatic carbocycles. The minimum absolute atomic E-state index is 0.00609. The van der Waals surface area contributed by atoms with E-state index in [0.29, 0.717) is 36.3 Å². The number of ether oxygens (including phenoxy) is 1. The maximum atomic E-state index is 13.2. The number of carbonyl (C=O) groups is 2. The summed E-state index contributed by atoms with van der Waals surface area (Å²) in [6, 6.07) is 7.92. The van der Waals surface area contributed by atoms with Crippen molar-refractivity contribution in [3.8, 4) is 0 Å². The van der Waals surface area contributed by atoms with Gasteiger partial charge >= 0.3 is 5.97 Å². The molecule has 5 nitrogen and oxygen atoms in total. The van der Waals surface area contributed by atoms with Crippen molar-refractivity contribution in [2.24, 2.45) is 5.41 Å². The Balaban J connectivity index is 1.73. The van der Waals surface area contributed by atoms with Gasteiger partial charge < -0.3 is 9.30 Å². The van der Waals surface area contributed by atoms with Crippen LogP contribution in [0.15, 0.2) is 40.4 Å². The first-order valence-electron chi connectivity index (χ1n) is 9.46. The van der Waals surface area contributed by atoms with E-state index in [4.69, 9.17) is 4.74 Å². The molecule has 0 bridgehead atoms. The number of ketones is 1. The molecule has 2 aromatic rings. The smallest absolute Gasteiger partial charge is 0.311 e. The largest absolute Gasteiger partial charge is 0.431 e. The summed E-state index contributed by atoms with van der Waals surface area (Å²) < 4.78 is 7.26. The van der Waals surface area contributed by atoms with E-state index in [-0.39, 0.29) is 29.1 Å². The van der Waals surface area contributed by atoms with Gasteiger partial charge in [0.05, 0.1) is 11.9 Å². The van der Waals surface area contributed by atoms with Crippen LogP contribution in [0.3, 0.4) is 0 Å². The van der Waals surface area contributed by atoms with Gasteiger partial charge in [0.15, 0.2) is 5.78 Å². The van der Waals surface area contributed by atoms with Gasteiger partial charge in [0.2, 0.25) is 0 Å². The standard InChI is InChI=1S/C22H21NO4/c1-22(2)10-16(24)19-14(9-18(25)27-17(19)11-22)15-8-13-5-3-4-12-6-7-23(20(12)13)21(15)26/h3-5,8,14H,6-7,9-11H2,1-2H3/t14-/m1/s1. The number of para-hydroxylation sites is 1. The third kappa shape index (κ3) is 2.41. The molecular weight excluding hydrogens is 342 g/mol. The van der Waals surface area contributed by atoms with Crippen LogP contribution >= 0.6 is 0 Å². The molecule has 2 aliphatic heterocycles. The second-order valence-electron chi connectivity index (χ2n) is 8.67. The Morgan fingerprint density at radius 3 is 2.78 bits per heavy atom. The number of hydrogen-bond acceptors (Lipinski definition) is 4. The number of aromatic nitrogens is 1. The zero-order chi connectivity index (χ0) is 18.9. The van der Waals surface area contributed by atoms with E-state index in [1.165, 1.54) is 5.56 Å². The lowest BCUT2D eigenvalue weighted by Crippen LogP contribution is -2.36. The van der Waals surface area contributed by atoms with Gasteiger partial charge in [0, 0.05) is 36.4 Å². The molecule has 0 amide bonds.